The Labute approximate surface area is 838 Å². The van der Waals surface area contributed by atoms with E-state index in [-0.39, 0.29) is 176 Å². The van der Waals surface area contributed by atoms with Crippen LogP contribution in [0.4, 0.5) is 16.2 Å². The first-order valence-electron chi connectivity index (χ1n) is 51.3. The van der Waals surface area contributed by atoms with E-state index in [0.717, 1.165) is 101 Å². The fourth-order valence-electron chi connectivity index (χ4n) is 20.8. The van der Waals surface area contributed by atoms with Crippen LogP contribution in [-0.2, 0) is 121 Å². The Balaban J connectivity index is 0.681. The number of aryl methyl sites for hydroxylation is 2. The third-order valence-electron chi connectivity index (χ3n) is 28.7. The number of carbonyl (C=O) groups excluding carboxylic acids is 11. The molecule has 782 valence electrons. The number of urea groups is 1. The number of imide groups is 1. The number of unbranched alkanes of at least 4 members (excludes halogenated alkanes) is 1. The van der Waals surface area contributed by atoms with Crippen LogP contribution in [0.15, 0.2) is 96.3 Å². The number of para-hydroxylation sites is 1. The average Bonchev–Trinajstić information content (AvgIpc) is 0.727. The number of primary amides is 1. The topological polar surface area (TPSA) is 467 Å². The summed E-state index contributed by atoms with van der Waals surface area (Å²) in [5, 5.41) is 40.0. The number of carbonyl (C=O) groups is 11. The molecule has 0 saturated heterocycles. The predicted octanol–water partition coefficient (Wildman–Crippen LogP) is 8.23. The first kappa shape index (κ1) is 113. The third-order valence-corrected chi connectivity index (χ3v) is 28.7. The molecule has 1 heterocycles. The van der Waals surface area contributed by atoms with Crippen LogP contribution < -0.4 is 69.5 Å². The zero-order valence-electron chi connectivity index (χ0n) is 85.2. The number of phenols is 1. The van der Waals surface area contributed by atoms with Crippen LogP contribution in [0.2, 0.25) is 0 Å². The number of hydrogen-bond donors (Lipinski definition) is 13. The summed E-state index contributed by atoms with van der Waals surface area (Å²) in [7, 11) is 6.22. The molecule has 6 aliphatic rings. The maximum absolute atomic E-state index is 15.1. The van der Waals surface area contributed by atoms with Crippen molar-refractivity contribution in [1.29, 1.82) is 0 Å². The van der Waals surface area contributed by atoms with Crippen LogP contribution in [-0.4, -0.2) is 272 Å². The molecule has 4 aromatic carbocycles. The lowest BCUT2D eigenvalue weighted by molar-refractivity contribution is -0.869. The molecule has 5 aliphatic carbocycles. The van der Waals surface area contributed by atoms with Gasteiger partial charge in [0.15, 0.2) is 0 Å². The van der Waals surface area contributed by atoms with Gasteiger partial charge in [0.25, 0.3) is 0 Å². The molecule has 35 nitrogen and oxygen atoms in total. The van der Waals surface area contributed by atoms with Gasteiger partial charge in [-0.25, -0.2) is 4.79 Å². The van der Waals surface area contributed by atoms with Crippen molar-refractivity contribution in [2.75, 3.05) is 183 Å². The molecule has 35 heteroatoms. The third kappa shape index (κ3) is 34.5. The Bertz CT molecular complexity index is 4940. The molecule has 142 heavy (non-hydrogen) atoms. The summed E-state index contributed by atoms with van der Waals surface area (Å²) in [5.74, 6) is 2.00. The number of ether oxygens (including phenoxy) is 9. The number of nitrogens with zero attached hydrogens (tertiary/aromatic N) is 2. The summed E-state index contributed by atoms with van der Waals surface area (Å²) < 4.78 is 52.3. The van der Waals surface area contributed by atoms with Crippen molar-refractivity contribution in [3.05, 3.63) is 135 Å². The summed E-state index contributed by atoms with van der Waals surface area (Å²) >= 11 is 0. The van der Waals surface area contributed by atoms with Gasteiger partial charge >= 0.3 is 6.03 Å². The second kappa shape index (κ2) is 57.2. The number of hydrogen-bond acceptors (Lipinski definition) is 23. The molecule has 10 rings (SSSR count). The number of rotatable bonds is 59. The number of aromatic hydroxyl groups is 1. The van der Waals surface area contributed by atoms with Crippen molar-refractivity contribution < 1.29 is 105 Å². The molecule has 2 fully saturated rings. The van der Waals surface area contributed by atoms with Gasteiger partial charge in [0.1, 0.15) is 30.5 Å². The van der Waals surface area contributed by atoms with Gasteiger partial charge in [-0.15, -0.1) is 0 Å². The highest BCUT2D eigenvalue weighted by molar-refractivity contribution is 6.02. The molecule has 0 spiro atoms. The normalized spacial score (nSPS) is 20.8. The van der Waals surface area contributed by atoms with Crippen LogP contribution in [0.3, 0.4) is 0 Å². The van der Waals surface area contributed by atoms with Gasteiger partial charge in [-0.3, -0.25) is 53.3 Å². The van der Waals surface area contributed by atoms with E-state index < -0.39 is 76.1 Å². The molecule has 4 aromatic rings. The Kier molecular flexibility index (Phi) is 45.6. The van der Waals surface area contributed by atoms with E-state index in [1.165, 1.54) is 5.56 Å². The lowest BCUT2D eigenvalue weighted by atomic mass is 9.49. The summed E-state index contributed by atoms with van der Waals surface area (Å²) in [6, 6.07) is 22.2. The standard InChI is InChI=1S/C107H158N14O21/c1-74(2)97(100(130)117-86(27-19-49-114-103(109)133)98(128)115-80-36-32-76-34-38-89-104(3,82(76)70-80)44-20-46-106(89,5)101(131)119-102(132)107(6)47-21-45-105(4)83-71-81(122)37-33-77(83)35-39-90(105)107)118-99(129)85(26-17-18-48-111-94(126)73-142-88-29-12-10-11-25-84(96(88)108)110-51-56-136-60-64-140-68-66-138-62-58-134-54-42-92(124)112-50-53-121(7,8)9)116-93(125)43-55-135-59-63-139-67-69-141-65-61-137-57-52-113-91(123)40-41-95(127)120-72-79-24-14-13-22-75(79)30-31-78-23-15-16-28-87(78)120/h13-16,22-24,28,32-33,36-37,70-71,74,85-86,88-90,97,110H,10-12,17-21,25-27,29,34-35,38-69,72-73,108H2,1-9H3,(H11-,109,111,112,113,114,115,116,117,118,119,122,123,124,125,126,128,129,130,131,132,133)/p+1/t85-,86+,88?,89-,90-,97+,104-,105-,106+,107+/m1/s1. The number of nitrogens with one attached hydrogen (secondary N) is 10. The average molecular weight is 1980 g/mol. The lowest BCUT2D eigenvalue weighted by Crippen LogP contribution is -2.60. The summed E-state index contributed by atoms with van der Waals surface area (Å²) in [5.41, 5.74) is 19.0. The fourth-order valence-corrected chi connectivity index (χ4v) is 20.8. The first-order valence-corrected chi connectivity index (χ1v) is 51.3. The highest BCUT2D eigenvalue weighted by Gasteiger charge is 2.59. The number of fused-ring (bicyclic) bond motifs is 8. The predicted molar refractivity (Wildman–Crippen MR) is 539 cm³/mol. The minimum Gasteiger partial charge on any atom is -0.508 e. The molecule has 1 unspecified atom stereocenters. The number of quaternary nitrogens is 1. The van der Waals surface area contributed by atoms with E-state index in [0.29, 0.717) is 154 Å². The zero-order chi connectivity index (χ0) is 102. The van der Waals surface area contributed by atoms with Crippen LogP contribution in [0.5, 0.6) is 5.75 Å². The maximum Gasteiger partial charge on any atom is 0.312 e. The quantitative estimate of drug-likeness (QED) is 0.00856. The van der Waals surface area contributed by atoms with Crippen molar-refractivity contribution in [2.45, 2.75) is 237 Å². The Hall–Kier alpha value is -10.7. The second-order valence-electron chi connectivity index (χ2n) is 40.5. The van der Waals surface area contributed by atoms with E-state index in [1.807, 2.05) is 92.7 Å². The highest BCUT2D eigenvalue weighted by atomic mass is 16.6. The molecule has 15 N–H and O–H groups in total. The highest BCUT2D eigenvalue weighted by Crippen LogP contribution is 2.60. The fraction of sp³-hybridized carbons (Fsp3) is 0.636. The van der Waals surface area contributed by atoms with E-state index >= 15 is 4.79 Å². The maximum atomic E-state index is 15.1. The Morgan fingerprint density at radius 2 is 1.01 bits per heavy atom. The van der Waals surface area contributed by atoms with Gasteiger partial charge in [0, 0.05) is 74.4 Å². The molecule has 2 saturated carbocycles. The van der Waals surface area contributed by atoms with Gasteiger partial charge in [-0.1, -0.05) is 122 Å². The van der Waals surface area contributed by atoms with Crippen molar-refractivity contribution in [3.63, 3.8) is 0 Å². The molecule has 1 aliphatic heterocycles. The SMILES string of the molecule is CC(C)[C@H](NC(=O)[C@@H](CCCCNC(=O)COC1CCCCCC(NCCOCCOCCOCCOCCC(=O)NCC[N+](C)(C)C)=C1N)NC(=O)CCOCCOCCOCCOCCNC(=O)CCC(=O)N1Cc2ccccc2C#Cc2ccccc21)C(=O)N[C@@H](CCCNC(N)=O)C(=O)Nc1ccc2c(c1)[C@@]1(C)CCC[C@](C)(C(=O)NC(=O)[C@@]3(C)CCC[C@]4(C)c5cc(O)ccc5CC[C@@H]34)[C@@H]1CC2. The Morgan fingerprint density at radius 1 is 0.486 bits per heavy atom. The van der Waals surface area contributed by atoms with Crippen LogP contribution in [0, 0.1) is 40.4 Å². The number of allylic oxidation sites excluding steroid dienone is 1. The minimum atomic E-state index is -1.23. The van der Waals surface area contributed by atoms with Crippen molar-refractivity contribution in [2.24, 2.45) is 40.1 Å². The molecular weight excluding hydrogens is 1820 g/mol. The Morgan fingerprint density at radius 3 is 1.63 bits per heavy atom. The number of anilines is 2. The molecular formula is C107H159N14O21+. The number of nitrogens with two attached hydrogens (primary N) is 2. The molecule has 0 bridgehead atoms. The minimum absolute atomic E-state index is 0.00965. The van der Waals surface area contributed by atoms with Gasteiger partial charge in [-0.05, 0) is 202 Å². The summed E-state index contributed by atoms with van der Waals surface area (Å²) in [6.45, 7) is 19.1. The summed E-state index contributed by atoms with van der Waals surface area (Å²) in [6.07, 6.45) is 12.1. The largest absolute Gasteiger partial charge is 0.508 e. The molecule has 0 radical (unpaired) electrons. The van der Waals surface area contributed by atoms with Crippen molar-refractivity contribution >= 4 is 76.5 Å². The molecule has 10 atom stereocenters. The van der Waals surface area contributed by atoms with Gasteiger partial charge in [0.05, 0.1) is 175 Å². The van der Waals surface area contributed by atoms with E-state index in [9.17, 15) is 53.1 Å². The van der Waals surface area contributed by atoms with E-state index in [1.54, 1.807) is 24.8 Å². The summed E-state index contributed by atoms with van der Waals surface area (Å²) in [4.78, 5) is 154. The van der Waals surface area contributed by atoms with Gasteiger partial charge < -0.3 is 116 Å². The monoisotopic (exact) mass is 1980 g/mol. The first-order chi connectivity index (χ1) is 68.2. The van der Waals surface area contributed by atoms with E-state index in [4.69, 9.17) is 54.1 Å². The number of likely N-dealkylation sites (N-methyl/N-ethyl adjacent to an activating group) is 1. The number of benzene rings is 4. The molecule has 0 aromatic heterocycles. The zero-order valence-corrected chi connectivity index (χ0v) is 85.2. The van der Waals surface area contributed by atoms with E-state index in [2.05, 4.69) is 100.0 Å². The number of phenolic OH excluding ortho intramolecular Hbond substituents is 1. The lowest BCUT2D eigenvalue weighted by Gasteiger charge is -2.56. The molecule has 12 amide bonds. The van der Waals surface area contributed by atoms with Crippen molar-refractivity contribution in [1.82, 2.24) is 47.9 Å². The second-order valence-corrected chi connectivity index (χ2v) is 40.5. The van der Waals surface area contributed by atoms with Crippen LogP contribution in [0.1, 0.15) is 222 Å². The van der Waals surface area contributed by atoms with Crippen molar-refractivity contribution in [3.8, 4) is 17.6 Å². The van der Waals surface area contributed by atoms with Gasteiger partial charge in [0.2, 0.25) is 59.1 Å². The van der Waals surface area contributed by atoms with Crippen LogP contribution >= 0.6 is 0 Å². The number of amides is 12. The smallest absolute Gasteiger partial charge is 0.312 e. The van der Waals surface area contributed by atoms with Crippen LogP contribution in [0.25, 0.3) is 0 Å². The van der Waals surface area contributed by atoms with Gasteiger partial charge in [-0.2, -0.15) is 0 Å².